The van der Waals surface area contributed by atoms with E-state index in [2.05, 4.69) is 4.98 Å². The standard InChI is InChI=1S/C17H15Cl2N3O3/c18-9-4-5-10(11(19)8-9)16(25)17-21-13-3-1-2-12(20)15(13)22(17)7-6-14(23)24/h1-5,8,16,25H,6-7,20H2,(H,23,24). The molecule has 130 valence electrons. The van der Waals surface area contributed by atoms with Crippen LogP contribution in [0.4, 0.5) is 5.69 Å². The van der Waals surface area contributed by atoms with Crippen molar-refractivity contribution in [1.82, 2.24) is 9.55 Å². The van der Waals surface area contributed by atoms with Gasteiger partial charge in [-0.25, -0.2) is 4.98 Å². The molecule has 4 N–H and O–H groups in total. The van der Waals surface area contributed by atoms with E-state index in [1.807, 2.05) is 0 Å². The van der Waals surface area contributed by atoms with Gasteiger partial charge in [0.05, 0.1) is 23.1 Å². The largest absolute Gasteiger partial charge is 0.481 e. The average molecular weight is 380 g/mol. The predicted octanol–water partition coefficient (Wildman–Crippen LogP) is 3.48. The van der Waals surface area contributed by atoms with Gasteiger partial charge in [-0.1, -0.05) is 35.3 Å². The summed E-state index contributed by atoms with van der Waals surface area (Å²) in [6.45, 7) is 0.123. The molecule has 0 saturated carbocycles. The normalized spacial score (nSPS) is 12.4. The van der Waals surface area contributed by atoms with Crippen LogP contribution < -0.4 is 5.73 Å². The zero-order valence-corrected chi connectivity index (χ0v) is 14.5. The van der Waals surface area contributed by atoms with Crippen molar-refractivity contribution in [1.29, 1.82) is 0 Å². The van der Waals surface area contributed by atoms with Gasteiger partial charge in [-0.2, -0.15) is 0 Å². The predicted molar refractivity (Wildman–Crippen MR) is 96.9 cm³/mol. The van der Waals surface area contributed by atoms with Crippen LogP contribution in [0, 0.1) is 0 Å². The summed E-state index contributed by atoms with van der Waals surface area (Å²) in [5.74, 6) is -0.681. The van der Waals surface area contributed by atoms with Crippen molar-refractivity contribution in [2.75, 3.05) is 5.73 Å². The van der Waals surface area contributed by atoms with Gasteiger partial charge in [-0.15, -0.1) is 0 Å². The monoisotopic (exact) mass is 379 g/mol. The SMILES string of the molecule is Nc1cccc2nc(C(O)c3ccc(Cl)cc3Cl)n(CCC(=O)O)c12. The molecule has 3 aromatic rings. The molecule has 0 fully saturated rings. The Hall–Kier alpha value is -2.28. The molecule has 6 nitrogen and oxygen atoms in total. The number of aliphatic hydroxyl groups is 1. The molecule has 25 heavy (non-hydrogen) atoms. The summed E-state index contributed by atoms with van der Waals surface area (Å²) < 4.78 is 1.62. The van der Waals surface area contributed by atoms with Crippen molar-refractivity contribution in [3.8, 4) is 0 Å². The van der Waals surface area contributed by atoms with Crippen LogP contribution in [0.2, 0.25) is 10.0 Å². The zero-order chi connectivity index (χ0) is 18.1. The van der Waals surface area contributed by atoms with Crippen molar-refractivity contribution in [3.05, 3.63) is 57.8 Å². The highest BCUT2D eigenvalue weighted by Gasteiger charge is 2.23. The Morgan fingerprint density at radius 2 is 2.04 bits per heavy atom. The lowest BCUT2D eigenvalue weighted by molar-refractivity contribution is -0.137. The van der Waals surface area contributed by atoms with Gasteiger partial charge in [0.15, 0.2) is 0 Å². The summed E-state index contributed by atoms with van der Waals surface area (Å²) in [6, 6.07) is 9.96. The highest BCUT2D eigenvalue weighted by Crippen LogP contribution is 2.33. The van der Waals surface area contributed by atoms with Gasteiger partial charge in [-0.05, 0) is 24.3 Å². The molecule has 0 saturated heterocycles. The number of benzene rings is 2. The quantitative estimate of drug-likeness (QED) is 0.589. The fourth-order valence-electron chi connectivity index (χ4n) is 2.74. The Bertz CT molecular complexity index is 956. The van der Waals surface area contributed by atoms with Crippen LogP contribution >= 0.6 is 23.2 Å². The first-order valence-electron chi connectivity index (χ1n) is 7.48. The third-order valence-electron chi connectivity index (χ3n) is 3.88. The number of hydrogen-bond donors (Lipinski definition) is 3. The van der Waals surface area contributed by atoms with Crippen LogP contribution in [-0.2, 0) is 11.3 Å². The Morgan fingerprint density at radius 3 is 2.72 bits per heavy atom. The van der Waals surface area contributed by atoms with E-state index in [-0.39, 0.29) is 18.8 Å². The first kappa shape index (κ1) is 17.5. The number of hydrogen-bond acceptors (Lipinski definition) is 4. The molecular formula is C17H15Cl2N3O3. The fourth-order valence-corrected chi connectivity index (χ4v) is 3.25. The van der Waals surface area contributed by atoms with Crippen molar-refractivity contribution < 1.29 is 15.0 Å². The summed E-state index contributed by atoms with van der Waals surface area (Å²) in [7, 11) is 0. The van der Waals surface area contributed by atoms with Crippen molar-refractivity contribution in [3.63, 3.8) is 0 Å². The molecule has 1 atom stereocenters. The highest BCUT2D eigenvalue weighted by molar-refractivity contribution is 6.35. The van der Waals surface area contributed by atoms with E-state index in [0.29, 0.717) is 32.3 Å². The lowest BCUT2D eigenvalue weighted by atomic mass is 10.1. The summed E-state index contributed by atoms with van der Waals surface area (Å²) in [5, 5.41) is 20.6. The summed E-state index contributed by atoms with van der Waals surface area (Å²) in [4.78, 5) is 15.4. The molecule has 0 spiro atoms. The van der Waals surface area contributed by atoms with Crippen LogP contribution in [-0.4, -0.2) is 25.7 Å². The molecule has 1 aromatic heterocycles. The summed E-state index contributed by atoms with van der Waals surface area (Å²) in [6.07, 6.45) is -1.28. The van der Waals surface area contributed by atoms with Gasteiger partial charge >= 0.3 is 5.97 Å². The number of nitrogens with zero attached hydrogens (tertiary/aromatic N) is 2. The van der Waals surface area contributed by atoms with Gasteiger partial charge in [0, 0.05) is 22.2 Å². The van der Waals surface area contributed by atoms with Crippen LogP contribution in [0.15, 0.2) is 36.4 Å². The number of para-hydroxylation sites is 1. The smallest absolute Gasteiger partial charge is 0.305 e. The Morgan fingerprint density at radius 1 is 1.28 bits per heavy atom. The van der Waals surface area contributed by atoms with Crippen LogP contribution in [0.5, 0.6) is 0 Å². The van der Waals surface area contributed by atoms with Crippen LogP contribution in [0.1, 0.15) is 23.9 Å². The molecule has 0 radical (unpaired) electrons. The molecule has 1 heterocycles. The van der Waals surface area contributed by atoms with Gasteiger partial charge in [0.25, 0.3) is 0 Å². The van der Waals surface area contributed by atoms with Crippen molar-refractivity contribution >= 4 is 45.9 Å². The number of halogens is 2. The van der Waals surface area contributed by atoms with E-state index < -0.39 is 12.1 Å². The first-order chi connectivity index (χ1) is 11.9. The number of aliphatic carboxylic acids is 1. The molecule has 0 aliphatic rings. The van der Waals surface area contributed by atoms with Gasteiger partial charge < -0.3 is 20.5 Å². The number of carboxylic acids is 1. The van der Waals surface area contributed by atoms with Crippen LogP contribution in [0.3, 0.4) is 0 Å². The number of carboxylic acid groups (broad SMARTS) is 1. The average Bonchev–Trinajstić information content (AvgIpc) is 2.92. The molecule has 0 aliphatic heterocycles. The molecular weight excluding hydrogens is 365 g/mol. The van der Waals surface area contributed by atoms with Crippen molar-refractivity contribution in [2.24, 2.45) is 0 Å². The van der Waals surface area contributed by atoms with E-state index >= 15 is 0 Å². The fraction of sp³-hybridized carbons (Fsp3) is 0.176. The minimum absolute atomic E-state index is 0.123. The zero-order valence-electron chi connectivity index (χ0n) is 13.0. The maximum absolute atomic E-state index is 11.0. The summed E-state index contributed by atoms with van der Waals surface area (Å²) >= 11 is 12.1. The van der Waals surface area contributed by atoms with E-state index in [9.17, 15) is 9.90 Å². The minimum atomic E-state index is -1.15. The number of fused-ring (bicyclic) bond motifs is 1. The number of rotatable bonds is 5. The molecule has 2 aromatic carbocycles. The number of anilines is 1. The number of aliphatic hydroxyl groups excluding tert-OH is 1. The van der Waals surface area contributed by atoms with E-state index in [4.69, 9.17) is 34.0 Å². The molecule has 0 aliphatic carbocycles. The molecule has 1 unspecified atom stereocenters. The molecule has 8 heteroatoms. The number of nitrogen functional groups attached to an aromatic ring is 1. The second-order valence-electron chi connectivity index (χ2n) is 5.55. The highest BCUT2D eigenvalue weighted by atomic mass is 35.5. The lowest BCUT2D eigenvalue weighted by Gasteiger charge is -2.15. The number of imidazole rings is 1. The molecule has 0 amide bonds. The second kappa shape index (κ2) is 6.92. The second-order valence-corrected chi connectivity index (χ2v) is 6.39. The summed E-state index contributed by atoms with van der Waals surface area (Å²) in [5.41, 5.74) is 8.07. The van der Waals surface area contributed by atoms with Gasteiger partial charge in [0.2, 0.25) is 0 Å². The number of aryl methyl sites for hydroxylation is 1. The molecule has 0 bridgehead atoms. The number of aromatic nitrogens is 2. The van der Waals surface area contributed by atoms with Crippen molar-refractivity contribution in [2.45, 2.75) is 19.1 Å². The third kappa shape index (κ3) is 3.42. The maximum Gasteiger partial charge on any atom is 0.305 e. The minimum Gasteiger partial charge on any atom is -0.481 e. The number of nitrogens with two attached hydrogens (primary N) is 1. The topological polar surface area (TPSA) is 101 Å². The Balaban J connectivity index is 2.15. The Labute approximate surface area is 153 Å². The number of carbonyl (C=O) groups is 1. The maximum atomic E-state index is 11.0. The van der Waals surface area contributed by atoms with Crippen LogP contribution in [0.25, 0.3) is 11.0 Å². The third-order valence-corrected chi connectivity index (χ3v) is 4.44. The Kier molecular flexibility index (Phi) is 4.85. The molecule has 3 rings (SSSR count). The van der Waals surface area contributed by atoms with E-state index in [1.165, 1.54) is 6.07 Å². The van der Waals surface area contributed by atoms with E-state index in [1.54, 1.807) is 34.9 Å². The first-order valence-corrected chi connectivity index (χ1v) is 8.23. The lowest BCUT2D eigenvalue weighted by Crippen LogP contribution is -2.13. The van der Waals surface area contributed by atoms with E-state index in [0.717, 1.165) is 0 Å². The van der Waals surface area contributed by atoms with Gasteiger partial charge in [-0.3, -0.25) is 4.79 Å². The van der Waals surface area contributed by atoms with Gasteiger partial charge in [0.1, 0.15) is 11.9 Å².